The van der Waals surface area contributed by atoms with Crippen LogP contribution in [0.2, 0.25) is 0 Å². The van der Waals surface area contributed by atoms with Crippen LogP contribution in [-0.4, -0.2) is 32.2 Å². The summed E-state index contributed by atoms with van der Waals surface area (Å²) in [6.45, 7) is 7.99. The molecule has 0 aliphatic carbocycles. The normalized spacial score (nSPS) is 12.0. The van der Waals surface area contributed by atoms with Gasteiger partial charge in [0, 0.05) is 19.0 Å². The third-order valence-electron chi connectivity index (χ3n) is 3.99. The maximum atomic E-state index is 12.0. The van der Waals surface area contributed by atoms with Gasteiger partial charge in [0.25, 0.3) is 0 Å². The highest BCUT2D eigenvalue weighted by Crippen LogP contribution is 2.24. The molecule has 0 bridgehead atoms. The minimum Gasteiger partial charge on any atom is -0.494 e. The van der Waals surface area contributed by atoms with Crippen LogP contribution in [0.4, 0.5) is 11.4 Å². The fourth-order valence-corrected chi connectivity index (χ4v) is 2.97. The Labute approximate surface area is 163 Å². The number of ether oxygens (including phenoxy) is 1. The van der Waals surface area contributed by atoms with Crippen molar-refractivity contribution in [1.82, 2.24) is 4.72 Å². The zero-order chi connectivity index (χ0) is 20.5. The van der Waals surface area contributed by atoms with Gasteiger partial charge in [0.15, 0.2) is 0 Å². The number of carbonyl (C=O) groups is 1. The summed E-state index contributed by atoms with van der Waals surface area (Å²) >= 11 is 0. The monoisotopic (exact) mass is 399 g/mol. The van der Waals surface area contributed by atoms with E-state index >= 15 is 0 Å². The van der Waals surface area contributed by atoms with E-state index < -0.39 is 14.8 Å². The molecule has 0 fully saturated rings. The highest BCUT2D eigenvalue weighted by atomic mass is 32.2. The van der Waals surface area contributed by atoms with Crippen LogP contribution in [0.15, 0.2) is 18.2 Å². The summed E-state index contributed by atoms with van der Waals surface area (Å²) in [6, 6.07) is 5.21. The quantitative estimate of drug-likeness (QED) is 0.391. The van der Waals surface area contributed by atoms with Gasteiger partial charge in [-0.15, -0.1) is 0 Å². The van der Waals surface area contributed by atoms with Crippen molar-refractivity contribution in [1.29, 1.82) is 0 Å². The van der Waals surface area contributed by atoms with E-state index in [0.717, 1.165) is 12.8 Å². The number of anilines is 2. The van der Waals surface area contributed by atoms with E-state index in [4.69, 9.17) is 10.5 Å². The SMILES string of the molecule is CCCCOc1ccc(NC(=O)CCCCNS(=O)(=O)C(C)(C)C)c(N)c1. The number of hydrogen-bond donors (Lipinski definition) is 3. The van der Waals surface area contributed by atoms with Gasteiger partial charge in [-0.2, -0.15) is 0 Å². The Kier molecular flexibility index (Phi) is 9.05. The van der Waals surface area contributed by atoms with Crippen LogP contribution in [0.25, 0.3) is 0 Å². The van der Waals surface area contributed by atoms with E-state index in [1.807, 2.05) is 0 Å². The van der Waals surface area contributed by atoms with Crippen molar-refractivity contribution in [2.24, 2.45) is 0 Å². The molecule has 0 atom stereocenters. The molecule has 0 radical (unpaired) electrons. The summed E-state index contributed by atoms with van der Waals surface area (Å²) in [6.07, 6.45) is 3.50. The molecular formula is C19H33N3O4S. The zero-order valence-corrected chi connectivity index (χ0v) is 17.6. The first-order chi connectivity index (χ1) is 12.6. The summed E-state index contributed by atoms with van der Waals surface area (Å²) in [5.74, 6) is 0.533. The summed E-state index contributed by atoms with van der Waals surface area (Å²) in [5, 5.41) is 2.78. The smallest absolute Gasteiger partial charge is 0.224 e. The topological polar surface area (TPSA) is 111 Å². The number of nitrogen functional groups attached to an aromatic ring is 1. The molecule has 7 nitrogen and oxygen atoms in total. The van der Waals surface area contributed by atoms with Crippen LogP contribution in [0, 0.1) is 0 Å². The van der Waals surface area contributed by atoms with Crippen LogP contribution in [0.1, 0.15) is 59.8 Å². The maximum Gasteiger partial charge on any atom is 0.224 e. The molecule has 0 unspecified atom stereocenters. The predicted octanol–water partition coefficient (Wildman–Crippen LogP) is 3.27. The summed E-state index contributed by atoms with van der Waals surface area (Å²) in [7, 11) is -3.34. The molecule has 4 N–H and O–H groups in total. The van der Waals surface area contributed by atoms with Crippen molar-refractivity contribution in [3.05, 3.63) is 18.2 Å². The molecule has 1 rings (SSSR count). The molecule has 8 heteroatoms. The first kappa shape index (κ1) is 23.2. The molecule has 0 heterocycles. The molecule has 0 saturated carbocycles. The third-order valence-corrected chi connectivity index (χ3v) is 6.19. The number of benzene rings is 1. The first-order valence-corrected chi connectivity index (χ1v) is 10.9. The van der Waals surface area contributed by atoms with Gasteiger partial charge >= 0.3 is 0 Å². The minimum absolute atomic E-state index is 0.153. The van der Waals surface area contributed by atoms with Gasteiger partial charge in [0.2, 0.25) is 15.9 Å². The van der Waals surface area contributed by atoms with E-state index in [-0.39, 0.29) is 5.91 Å². The number of hydrogen-bond acceptors (Lipinski definition) is 5. The van der Waals surface area contributed by atoms with Crippen molar-refractivity contribution in [2.45, 2.75) is 64.5 Å². The molecule has 1 aromatic rings. The lowest BCUT2D eigenvalue weighted by Gasteiger charge is -2.19. The lowest BCUT2D eigenvalue weighted by molar-refractivity contribution is -0.116. The highest BCUT2D eigenvalue weighted by molar-refractivity contribution is 7.90. The summed E-state index contributed by atoms with van der Waals surface area (Å²) in [5.41, 5.74) is 6.97. The Balaban J connectivity index is 2.36. The molecule has 0 spiro atoms. The van der Waals surface area contributed by atoms with Gasteiger partial charge in [-0.3, -0.25) is 4.79 Å². The van der Waals surface area contributed by atoms with Crippen LogP contribution >= 0.6 is 0 Å². The molecule has 0 aliphatic rings. The van der Waals surface area contributed by atoms with Gasteiger partial charge in [-0.25, -0.2) is 13.1 Å². The predicted molar refractivity (Wildman–Crippen MR) is 110 cm³/mol. The van der Waals surface area contributed by atoms with E-state index in [0.29, 0.717) is 49.5 Å². The standard InChI is InChI=1S/C19H33N3O4S/c1-5-6-13-26-15-10-11-17(16(20)14-15)22-18(23)9-7-8-12-21-27(24,25)19(2,3)4/h10-11,14,21H,5-9,12-13,20H2,1-4H3,(H,22,23). The van der Waals surface area contributed by atoms with E-state index in [2.05, 4.69) is 17.0 Å². The van der Waals surface area contributed by atoms with Crippen molar-refractivity contribution in [3.8, 4) is 5.75 Å². The molecule has 27 heavy (non-hydrogen) atoms. The van der Waals surface area contributed by atoms with Gasteiger partial charge in [0.1, 0.15) is 5.75 Å². The number of carbonyl (C=O) groups excluding carboxylic acids is 1. The van der Waals surface area contributed by atoms with E-state index in [1.165, 1.54) is 0 Å². The Morgan fingerprint density at radius 3 is 2.48 bits per heavy atom. The van der Waals surface area contributed by atoms with Crippen molar-refractivity contribution < 1.29 is 17.9 Å². The second kappa shape index (κ2) is 10.5. The number of rotatable bonds is 11. The molecule has 0 aliphatic heterocycles. The number of sulfonamides is 1. The molecule has 0 saturated heterocycles. The minimum atomic E-state index is -3.34. The number of nitrogens with one attached hydrogen (secondary N) is 2. The highest BCUT2D eigenvalue weighted by Gasteiger charge is 2.27. The van der Waals surface area contributed by atoms with Crippen molar-refractivity contribution in [2.75, 3.05) is 24.2 Å². The Hall–Kier alpha value is -1.80. The fourth-order valence-electron chi connectivity index (χ4n) is 2.13. The average Bonchev–Trinajstić information content (AvgIpc) is 2.56. The second-order valence-corrected chi connectivity index (χ2v) is 9.99. The largest absolute Gasteiger partial charge is 0.494 e. The van der Waals surface area contributed by atoms with Crippen LogP contribution < -0.4 is 20.5 Å². The lowest BCUT2D eigenvalue weighted by Crippen LogP contribution is -2.39. The Bertz CT molecular complexity index is 712. The van der Waals surface area contributed by atoms with Crippen LogP contribution in [-0.2, 0) is 14.8 Å². The van der Waals surface area contributed by atoms with Gasteiger partial charge < -0.3 is 15.8 Å². The second-order valence-electron chi connectivity index (χ2n) is 7.47. The van der Waals surface area contributed by atoms with Crippen molar-refractivity contribution in [3.63, 3.8) is 0 Å². The third kappa shape index (κ3) is 8.17. The molecule has 1 aromatic carbocycles. The van der Waals surface area contributed by atoms with Crippen molar-refractivity contribution >= 4 is 27.3 Å². The van der Waals surface area contributed by atoms with E-state index in [9.17, 15) is 13.2 Å². The van der Waals surface area contributed by atoms with E-state index in [1.54, 1.807) is 39.0 Å². The zero-order valence-electron chi connectivity index (χ0n) is 16.8. The maximum absolute atomic E-state index is 12.0. The van der Waals surface area contributed by atoms with Crippen LogP contribution in [0.3, 0.4) is 0 Å². The number of nitrogens with two attached hydrogens (primary N) is 1. The lowest BCUT2D eigenvalue weighted by atomic mass is 10.2. The fraction of sp³-hybridized carbons (Fsp3) is 0.632. The summed E-state index contributed by atoms with van der Waals surface area (Å²) in [4.78, 5) is 12.0. The molecule has 0 aromatic heterocycles. The number of amides is 1. The van der Waals surface area contributed by atoms with Gasteiger partial charge in [-0.05, 0) is 52.2 Å². The Morgan fingerprint density at radius 1 is 1.19 bits per heavy atom. The van der Waals surface area contributed by atoms with Gasteiger partial charge in [0.05, 0.1) is 22.7 Å². The average molecular weight is 400 g/mol. The Morgan fingerprint density at radius 2 is 1.89 bits per heavy atom. The number of unbranched alkanes of at least 4 members (excludes halogenated alkanes) is 2. The van der Waals surface area contributed by atoms with Crippen LogP contribution in [0.5, 0.6) is 5.75 Å². The first-order valence-electron chi connectivity index (χ1n) is 9.38. The molecule has 154 valence electrons. The van der Waals surface area contributed by atoms with Gasteiger partial charge in [-0.1, -0.05) is 13.3 Å². The molecule has 1 amide bonds. The molecular weight excluding hydrogens is 366 g/mol. The summed E-state index contributed by atoms with van der Waals surface area (Å²) < 4.78 is 31.2.